The Balaban J connectivity index is 1.87. The van der Waals surface area contributed by atoms with E-state index in [1.807, 2.05) is 6.92 Å². The summed E-state index contributed by atoms with van der Waals surface area (Å²) in [5, 5.41) is 15.4. The van der Waals surface area contributed by atoms with Gasteiger partial charge in [-0.15, -0.1) is 0 Å². The monoisotopic (exact) mass is 480 g/mol. The van der Waals surface area contributed by atoms with Gasteiger partial charge in [0, 0.05) is 16.4 Å². The molecule has 7 nitrogen and oxygen atoms in total. The maximum absolute atomic E-state index is 13.3. The van der Waals surface area contributed by atoms with Crippen LogP contribution in [0.25, 0.3) is 0 Å². The zero-order chi connectivity index (χ0) is 24.5. The topological polar surface area (TPSA) is 105 Å². The summed E-state index contributed by atoms with van der Waals surface area (Å²) >= 11 is 5.90. The quantitative estimate of drug-likeness (QED) is 0.220. The van der Waals surface area contributed by atoms with E-state index >= 15 is 0 Å². The number of aromatic hydroxyl groups is 1. The second-order valence-corrected chi connectivity index (χ2v) is 8.04. The molecule has 0 heterocycles. The SMILES string of the molecule is CCCC(OC(=O)c1ccc(Cl)cc1)C(C(=O)Nc1ccccc1)C(=O)Nc1ccc(O)cc1. The van der Waals surface area contributed by atoms with Crippen molar-refractivity contribution in [1.29, 1.82) is 0 Å². The highest BCUT2D eigenvalue weighted by molar-refractivity contribution is 6.30. The molecule has 176 valence electrons. The molecular weight excluding hydrogens is 456 g/mol. The van der Waals surface area contributed by atoms with Crippen LogP contribution < -0.4 is 10.6 Å². The van der Waals surface area contributed by atoms with Gasteiger partial charge in [0.2, 0.25) is 11.8 Å². The molecule has 2 atom stereocenters. The third-order valence-corrected chi connectivity index (χ3v) is 5.28. The first-order chi connectivity index (χ1) is 16.4. The van der Waals surface area contributed by atoms with Crippen LogP contribution in [-0.2, 0) is 14.3 Å². The summed E-state index contributed by atoms with van der Waals surface area (Å²) < 4.78 is 5.67. The Bertz CT molecular complexity index is 1120. The Labute approximate surface area is 202 Å². The van der Waals surface area contributed by atoms with Gasteiger partial charge in [0.1, 0.15) is 11.9 Å². The van der Waals surface area contributed by atoms with E-state index in [0.29, 0.717) is 22.8 Å². The molecule has 0 aromatic heterocycles. The van der Waals surface area contributed by atoms with Crippen molar-refractivity contribution in [3.8, 4) is 5.75 Å². The smallest absolute Gasteiger partial charge is 0.338 e. The van der Waals surface area contributed by atoms with Crippen molar-refractivity contribution in [2.75, 3.05) is 10.6 Å². The van der Waals surface area contributed by atoms with E-state index in [9.17, 15) is 19.5 Å². The average molecular weight is 481 g/mol. The Morgan fingerprint density at radius 1 is 0.853 bits per heavy atom. The van der Waals surface area contributed by atoms with Crippen molar-refractivity contribution >= 4 is 40.8 Å². The molecule has 0 aliphatic heterocycles. The van der Waals surface area contributed by atoms with E-state index < -0.39 is 29.8 Å². The fourth-order valence-electron chi connectivity index (χ4n) is 3.33. The molecule has 0 fully saturated rings. The second kappa shape index (κ2) is 11.9. The summed E-state index contributed by atoms with van der Waals surface area (Å²) in [7, 11) is 0. The van der Waals surface area contributed by atoms with Crippen molar-refractivity contribution in [1.82, 2.24) is 0 Å². The van der Waals surface area contributed by atoms with Gasteiger partial charge in [-0.3, -0.25) is 9.59 Å². The third-order valence-electron chi connectivity index (χ3n) is 5.02. The van der Waals surface area contributed by atoms with Gasteiger partial charge in [-0.05, 0) is 67.1 Å². The third kappa shape index (κ3) is 6.83. The van der Waals surface area contributed by atoms with Crippen LogP contribution in [0.1, 0.15) is 30.1 Å². The maximum atomic E-state index is 13.3. The highest BCUT2D eigenvalue weighted by atomic mass is 35.5. The van der Waals surface area contributed by atoms with E-state index in [1.165, 1.54) is 36.4 Å². The first-order valence-electron chi connectivity index (χ1n) is 10.8. The molecule has 0 saturated carbocycles. The van der Waals surface area contributed by atoms with E-state index in [1.54, 1.807) is 42.5 Å². The number of carbonyl (C=O) groups is 3. The summed E-state index contributed by atoms with van der Waals surface area (Å²) in [6.07, 6.45) is -0.163. The second-order valence-electron chi connectivity index (χ2n) is 7.61. The summed E-state index contributed by atoms with van der Waals surface area (Å²) in [4.78, 5) is 39.3. The molecule has 0 aliphatic rings. The van der Waals surface area contributed by atoms with Crippen LogP contribution in [0.5, 0.6) is 5.75 Å². The van der Waals surface area contributed by atoms with Crippen molar-refractivity contribution in [2.45, 2.75) is 25.9 Å². The van der Waals surface area contributed by atoms with Crippen molar-refractivity contribution < 1.29 is 24.2 Å². The molecule has 0 spiro atoms. The Morgan fingerprint density at radius 3 is 1.97 bits per heavy atom. The van der Waals surface area contributed by atoms with Gasteiger partial charge in [-0.25, -0.2) is 4.79 Å². The van der Waals surface area contributed by atoms with Gasteiger partial charge < -0.3 is 20.5 Å². The number of phenols is 1. The maximum Gasteiger partial charge on any atom is 0.338 e. The summed E-state index contributed by atoms with van der Waals surface area (Å²) in [6.45, 7) is 1.87. The van der Waals surface area contributed by atoms with Crippen molar-refractivity contribution in [3.63, 3.8) is 0 Å². The van der Waals surface area contributed by atoms with Crippen LogP contribution in [0.4, 0.5) is 11.4 Å². The Kier molecular flexibility index (Phi) is 8.65. The molecule has 2 amide bonds. The molecule has 0 bridgehead atoms. The molecule has 3 aromatic rings. The minimum atomic E-state index is -1.33. The zero-order valence-electron chi connectivity index (χ0n) is 18.5. The van der Waals surface area contributed by atoms with Crippen LogP contribution in [0, 0.1) is 5.92 Å². The van der Waals surface area contributed by atoms with Crippen molar-refractivity contribution in [3.05, 3.63) is 89.4 Å². The summed E-state index contributed by atoms with van der Waals surface area (Å²) in [5.74, 6) is -3.20. The minimum absolute atomic E-state index is 0.0390. The van der Waals surface area contributed by atoms with Gasteiger partial charge in [0.25, 0.3) is 0 Å². The van der Waals surface area contributed by atoms with Crippen LogP contribution in [0.2, 0.25) is 5.02 Å². The number of carbonyl (C=O) groups excluding carboxylic acids is 3. The number of benzene rings is 3. The zero-order valence-corrected chi connectivity index (χ0v) is 19.3. The van der Waals surface area contributed by atoms with Crippen molar-refractivity contribution in [2.24, 2.45) is 5.92 Å². The lowest BCUT2D eigenvalue weighted by Gasteiger charge is -2.25. The number of nitrogens with one attached hydrogen (secondary N) is 2. The number of phenolic OH excluding ortho intramolecular Hbond substituents is 1. The minimum Gasteiger partial charge on any atom is -0.508 e. The number of hydrogen-bond acceptors (Lipinski definition) is 5. The molecule has 3 aromatic carbocycles. The number of halogens is 1. The van der Waals surface area contributed by atoms with Gasteiger partial charge in [0.05, 0.1) is 5.56 Å². The van der Waals surface area contributed by atoms with Gasteiger partial charge in [-0.1, -0.05) is 43.1 Å². The molecule has 8 heteroatoms. The molecule has 0 saturated heterocycles. The van der Waals surface area contributed by atoms with Crippen LogP contribution >= 0.6 is 11.6 Å². The number of rotatable bonds is 9. The lowest BCUT2D eigenvalue weighted by molar-refractivity contribution is -0.134. The fraction of sp³-hybridized carbons (Fsp3) is 0.192. The van der Waals surface area contributed by atoms with Crippen LogP contribution in [-0.4, -0.2) is 29.0 Å². The Morgan fingerprint density at radius 2 is 1.41 bits per heavy atom. The number of hydrogen-bond donors (Lipinski definition) is 3. The standard InChI is InChI=1S/C26H25ClN2O5/c1-2-6-22(34-26(33)17-9-11-18(27)12-10-17)23(24(31)28-19-7-4-3-5-8-19)25(32)29-20-13-15-21(30)16-14-20/h3-5,7-16,22-23,30H,2,6H2,1H3,(H,28,31)(H,29,32). The van der Waals surface area contributed by atoms with E-state index in [0.717, 1.165) is 0 Å². The largest absolute Gasteiger partial charge is 0.508 e. The molecule has 3 rings (SSSR count). The highest BCUT2D eigenvalue weighted by Gasteiger charge is 2.37. The fourth-order valence-corrected chi connectivity index (χ4v) is 3.46. The Hall–Kier alpha value is -3.84. The van der Waals surface area contributed by atoms with E-state index in [4.69, 9.17) is 16.3 Å². The summed E-state index contributed by atoms with van der Waals surface area (Å²) in [5.41, 5.74) is 1.15. The number of ether oxygens (including phenoxy) is 1. The van der Waals surface area contributed by atoms with Crippen LogP contribution in [0.15, 0.2) is 78.9 Å². The van der Waals surface area contributed by atoms with Gasteiger partial charge >= 0.3 is 5.97 Å². The number of para-hydroxylation sites is 1. The lowest BCUT2D eigenvalue weighted by atomic mass is 9.95. The van der Waals surface area contributed by atoms with E-state index in [2.05, 4.69) is 10.6 Å². The predicted octanol–water partition coefficient (Wildman–Crippen LogP) is 5.26. The highest BCUT2D eigenvalue weighted by Crippen LogP contribution is 2.22. The molecule has 2 unspecified atom stereocenters. The first kappa shape index (κ1) is 24.8. The number of esters is 1. The molecule has 0 aliphatic carbocycles. The number of amides is 2. The predicted molar refractivity (Wildman–Crippen MR) is 131 cm³/mol. The van der Waals surface area contributed by atoms with Gasteiger partial charge in [0.15, 0.2) is 5.92 Å². The number of anilines is 2. The molecule has 0 radical (unpaired) electrons. The normalized spacial score (nSPS) is 12.3. The molecule has 3 N–H and O–H groups in total. The average Bonchev–Trinajstić information content (AvgIpc) is 2.82. The molecular formula is C26H25ClN2O5. The molecule has 34 heavy (non-hydrogen) atoms. The van der Waals surface area contributed by atoms with Gasteiger partial charge in [-0.2, -0.15) is 0 Å². The summed E-state index contributed by atoms with van der Waals surface area (Å²) in [6, 6.07) is 20.7. The van der Waals surface area contributed by atoms with Crippen LogP contribution in [0.3, 0.4) is 0 Å². The lowest BCUT2D eigenvalue weighted by Crippen LogP contribution is -2.44. The first-order valence-corrected chi connectivity index (χ1v) is 11.2. The van der Waals surface area contributed by atoms with E-state index in [-0.39, 0.29) is 17.7 Å².